The molecule has 0 atom stereocenters. The van der Waals surface area contributed by atoms with Crippen molar-refractivity contribution < 1.29 is 9.21 Å². The number of carbonyl (C=O) groups excluding carboxylic acids is 1. The predicted molar refractivity (Wildman–Crippen MR) is 96.5 cm³/mol. The molecule has 2 N–H and O–H groups in total. The maximum Gasteiger partial charge on any atom is 0.221 e. The second-order valence-corrected chi connectivity index (χ2v) is 6.13. The largest absolute Gasteiger partial charge is 0.463 e. The first-order chi connectivity index (χ1) is 11.6. The van der Waals surface area contributed by atoms with Gasteiger partial charge in [0, 0.05) is 12.5 Å². The number of benzene rings is 1. The number of hydrogen-bond acceptors (Lipinski definition) is 6. The number of aryl methyl sites for hydroxylation is 1. The van der Waals surface area contributed by atoms with E-state index in [9.17, 15) is 4.79 Å². The molecule has 0 aliphatic rings. The van der Waals surface area contributed by atoms with Crippen molar-refractivity contribution in [2.75, 3.05) is 10.7 Å². The molecule has 122 valence electrons. The minimum Gasteiger partial charge on any atom is -0.463 e. The molecule has 2 heterocycles. The molecule has 24 heavy (non-hydrogen) atoms. The Labute approximate surface area is 143 Å². The zero-order chi connectivity index (χ0) is 16.9. The van der Waals surface area contributed by atoms with Gasteiger partial charge in [-0.05, 0) is 19.1 Å². The number of anilines is 2. The van der Waals surface area contributed by atoms with Crippen LogP contribution in [0, 0.1) is 6.92 Å². The van der Waals surface area contributed by atoms with Crippen LogP contribution in [0.4, 0.5) is 10.1 Å². The molecule has 0 bridgehead atoms. The van der Waals surface area contributed by atoms with Crippen LogP contribution >= 0.6 is 11.3 Å². The first kappa shape index (κ1) is 15.9. The number of nitrogens with one attached hydrogen (secondary N) is 2. The molecule has 0 fully saturated rings. The maximum absolute atomic E-state index is 11.4. The highest BCUT2D eigenvalue weighted by molar-refractivity contribution is 7.20. The van der Waals surface area contributed by atoms with Gasteiger partial charge in [-0.15, -0.1) is 0 Å². The molecule has 0 aliphatic carbocycles. The summed E-state index contributed by atoms with van der Waals surface area (Å²) < 4.78 is 5.17. The van der Waals surface area contributed by atoms with Gasteiger partial charge in [-0.3, -0.25) is 10.2 Å². The first-order valence-electron chi connectivity index (χ1n) is 7.30. The summed E-state index contributed by atoms with van der Waals surface area (Å²) in [5.74, 6) is 0.498. The number of hydrazone groups is 1. The van der Waals surface area contributed by atoms with Crippen molar-refractivity contribution in [3.8, 4) is 11.3 Å². The number of furan rings is 1. The van der Waals surface area contributed by atoms with E-state index < -0.39 is 0 Å². The number of rotatable bonds is 5. The molecular weight excluding hydrogens is 324 g/mol. The highest BCUT2D eigenvalue weighted by atomic mass is 32.1. The van der Waals surface area contributed by atoms with Crippen molar-refractivity contribution in [2.45, 2.75) is 13.8 Å². The summed E-state index contributed by atoms with van der Waals surface area (Å²) in [7, 11) is 0. The summed E-state index contributed by atoms with van der Waals surface area (Å²) in [6.07, 6.45) is 3.14. The molecule has 2 aromatic heterocycles. The molecule has 6 nitrogen and oxygen atoms in total. The number of nitrogens with zero attached hydrogens (tertiary/aromatic N) is 2. The van der Waals surface area contributed by atoms with Crippen molar-refractivity contribution in [1.29, 1.82) is 0 Å². The van der Waals surface area contributed by atoms with Gasteiger partial charge in [-0.2, -0.15) is 5.10 Å². The predicted octanol–water partition coefficient (Wildman–Crippen LogP) is 4.12. The lowest BCUT2D eigenvalue weighted by atomic mass is 10.1. The molecule has 0 saturated carbocycles. The Morgan fingerprint density at radius 1 is 1.29 bits per heavy atom. The Morgan fingerprint density at radius 2 is 2.08 bits per heavy atom. The zero-order valence-electron chi connectivity index (χ0n) is 13.2. The first-order valence-corrected chi connectivity index (χ1v) is 8.11. The topological polar surface area (TPSA) is 79.5 Å². The van der Waals surface area contributed by atoms with Crippen molar-refractivity contribution >= 4 is 33.6 Å². The third-order valence-electron chi connectivity index (χ3n) is 3.14. The van der Waals surface area contributed by atoms with Crippen LogP contribution in [0.3, 0.4) is 0 Å². The third kappa shape index (κ3) is 3.88. The van der Waals surface area contributed by atoms with Crippen LogP contribution < -0.4 is 10.7 Å². The second kappa shape index (κ2) is 7.10. The quantitative estimate of drug-likeness (QED) is 0.541. The molecule has 0 radical (unpaired) electrons. The maximum atomic E-state index is 11.4. The lowest BCUT2D eigenvalue weighted by molar-refractivity contribution is -0.114. The number of carbonyl (C=O) groups is 1. The van der Waals surface area contributed by atoms with Crippen molar-refractivity contribution in [1.82, 2.24) is 4.98 Å². The molecule has 0 unspecified atom stereocenters. The van der Waals surface area contributed by atoms with Gasteiger partial charge in [0.05, 0.1) is 12.5 Å². The number of thiazole rings is 1. The minimum absolute atomic E-state index is 0.141. The average molecular weight is 340 g/mol. The van der Waals surface area contributed by atoms with Crippen LogP contribution in [0.25, 0.3) is 11.3 Å². The molecule has 3 aromatic rings. The molecule has 0 aliphatic heterocycles. The van der Waals surface area contributed by atoms with Gasteiger partial charge in [0.1, 0.15) is 16.5 Å². The highest BCUT2D eigenvalue weighted by Gasteiger charge is 2.14. The van der Waals surface area contributed by atoms with E-state index in [1.807, 2.05) is 31.2 Å². The fraction of sp³-hybridized carbons (Fsp3) is 0.118. The molecular formula is C17H16N4O2S. The van der Waals surface area contributed by atoms with Crippen LogP contribution in [-0.2, 0) is 4.79 Å². The van der Waals surface area contributed by atoms with E-state index in [-0.39, 0.29) is 5.91 Å². The molecule has 0 saturated heterocycles. The number of amides is 1. The van der Waals surface area contributed by atoms with Gasteiger partial charge >= 0.3 is 0 Å². The second-order valence-electron chi connectivity index (χ2n) is 5.13. The molecule has 7 heteroatoms. The van der Waals surface area contributed by atoms with E-state index >= 15 is 0 Å². The van der Waals surface area contributed by atoms with E-state index in [2.05, 4.69) is 20.8 Å². The lowest BCUT2D eigenvalue weighted by Gasteiger charge is -2.02. The standard InChI is InChI=1S/C17H16N4O2S/c1-11-5-7-13(8-6-11)15-16(19-12(2)22)24-17(20-15)21-18-10-14-4-3-9-23-14/h3-10H,1-2H3,(H,19,22)(H,20,21)/b18-10+. The molecule has 1 aromatic carbocycles. The molecule has 0 spiro atoms. The fourth-order valence-electron chi connectivity index (χ4n) is 2.04. The summed E-state index contributed by atoms with van der Waals surface area (Å²) >= 11 is 1.33. The number of hydrogen-bond donors (Lipinski definition) is 2. The van der Waals surface area contributed by atoms with Crippen molar-refractivity contribution in [3.05, 3.63) is 54.0 Å². The van der Waals surface area contributed by atoms with Crippen LogP contribution in [0.5, 0.6) is 0 Å². The van der Waals surface area contributed by atoms with Crippen LogP contribution in [0.2, 0.25) is 0 Å². The van der Waals surface area contributed by atoms with Crippen LogP contribution in [0.15, 0.2) is 52.2 Å². The zero-order valence-corrected chi connectivity index (χ0v) is 14.1. The summed E-state index contributed by atoms with van der Waals surface area (Å²) in [5, 5.41) is 8.17. The third-order valence-corrected chi connectivity index (χ3v) is 4.01. The van der Waals surface area contributed by atoms with E-state index in [0.29, 0.717) is 21.6 Å². The Morgan fingerprint density at radius 3 is 2.75 bits per heavy atom. The van der Waals surface area contributed by atoms with Crippen LogP contribution in [-0.4, -0.2) is 17.1 Å². The Kier molecular flexibility index (Phi) is 4.72. The highest BCUT2D eigenvalue weighted by Crippen LogP contribution is 2.36. The average Bonchev–Trinajstić information content (AvgIpc) is 3.18. The normalized spacial score (nSPS) is 10.9. The minimum atomic E-state index is -0.141. The van der Waals surface area contributed by atoms with Crippen molar-refractivity contribution in [2.24, 2.45) is 5.10 Å². The van der Waals surface area contributed by atoms with Gasteiger partial charge in [0.15, 0.2) is 0 Å². The van der Waals surface area contributed by atoms with Gasteiger partial charge in [0.25, 0.3) is 0 Å². The lowest BCUT2D eigenvalue weighted by Crippen LogP contribution is -2.05. The summed E-state index contributed by atoms with van der Waals surface area (Å²) in [6.45, 7) is 3.50. The van der Waals surface area contributed by atoms with Crippen molar-refractivity contribution in [3.63, 3.8) is 0 Å². The summed E-state index contributed by atoms with van der Waals surface area (Å²) in [6, 6.07) is 11.6. The Balaban J connectivity index is 1.85. The van der Waals surface area contributed by atoms with E-state index in [0.717, 1.165) is 11.1 Å². The fourth-order valence-corrected chi connectivity index (χ4v) is 2.92. The van der Waals surface area contributed by atoms with E-state index in [4.69, 9.17) is 4.42 Å². The summed E-state index contributed by atoms with van der Waals surface area (Å²) in [5.41, 5.74) is 5.67. The van der Waals surface area contributed by atoms with Gasteiger partial charge in [-0.25, -0.2) is 4.98 Å². The van der Waals surface area contributed by atoms with E-state index in [1.54, 1.807) is 24.6 Å². The van der Waals surface area contributed by atoms with Gasteiger partial charge < -0.3 is 9.73 Å². The van der Waals surface area contributed by atoms with Crippen LogP contribution in [0.1, 0.15) is 18.2 Å². The smallest absolute Gasteiger partial charge is 0.221 e. The Bertz CT molecular complexity index is 851. The SMILES string of the molecule is CC(=O)Nc1sc(N/N=C/c2ccco2)nc1-c1ccc(C)cc1. The molecule has 3 rings (SSSR count). The van der Waals surface area contributed by atoms with Gasteiger partial charge in [0.2, 0.25) is 11.0 Å². The number of aromatic nitrogens is 1. The van der Waals surface area contributed by atoms with E-state index in [1.165, 1.54) is 18.3 Å². The Hall–Kier alpha value is -2.93. The summed E-state index contributed by atoms with van der Waals surface area (Å²) in [4.78, 5) is 16.0. The van der Waals surface area contributed by atoms with Gasteiger partial charge in [-0.1, -0.05) is 41.2 Å². The monoisotopic (exact) mass is 340 g/mol. The molecule has 1 amide bonds.